The molecule has 0 aliphatic rings. The summed E-state index contributed by atoms with van der Waals surface area (Å²) < 4.78 is 5.37. The Bertz CT molecular complexity index is 480. The fraction of sp³-hybridized carbons (Fsp3) is 0.200. The van der Waals surface area contributed by atoms with Crippen molar-refractivity contribution in [2.75, 3.05) is 12.4 Å². The molecule has 2 heteroatoms. The van der Waals surface area contributed by atoms with Gasteiger partial charge in [-0.05, 0) is 30.2 Å². The summed E-state index contributed by atoms with van der Waals surface area (Å²) in [5, 5.41) is 3.35. The summed E-state index contributed by atoms with van der Waals surface area (Å²) in [6.45, 7) is 2.13. The SMILES string of the molecule is CCc1ccc(Nc2ccccc2)cc1OC. The van der Waals surface area contributed by atoms with Crippen molar-refractivity contribution in [2.24, 2.45) is 0 Å². The van der Waals surface area contributed by atoms with Crippen LogP contribution in [0.2, 0.25) is 0 Å². The molecule has 0 amide bonds. The normalized spacial score (nSPS) is 10.0. The maximum Gasteiger partial charge on any atom is 0.124 e. The molecule has 0 unspecified atom stereocenters. The zero-order chi connectivity index (χ0) is 12.1. The lowest BCUT2D eigenvalue weighted by Gasteiger charge is -2.11. The predicted molar refractivity (Wildman–Crippen MR) is 72.1 cm³/mol. The van der Waals surface area contributed by atoms with E-state index < -0.39 is 0 Å². The van der Waals surface area contributed by atoms with Crippen LogP contribution in [-0.2, 0) is 6.42 Å². The molecule has 0 bridgehead atoms. The van der Waals surface area contributed by atoms with Crippen molar-refractivity contribution < 1.29 is 4.74 Å². The summed E-state index contributed by atoms with van der Waals surface area (Å²) >= 11 is 0. The molecule has 0 aromatic heterocycles. The summed E-state index contributed by atoms with van der Waals surface area (Å²) in [4.78, 5) is 0. The van der Waals surface area contributed by atoms with E-state index in [9.17, 15) is 0 Å². The maximum atomic E-state index is 5.37. The van der Waals surface area contributed by atoms with Crippen LogP contribution in [-0.4, -0.2) is 7.11 Å². The highest BCUT2D eigenvalue weighted by Crippen LogP contribution is 2.25. The van der Waals surface area contributed by atoms with E-state index in [-0.39, 0.29) is 0 Å². The van der Waals surface area contributed by atoms with Gasteiger partial charge in [0, 0.05) is 17.4 Å². The van der Waals surface area contributed by atoms with E-state index in [0.717, 1.165) is 23.5 Å². The highest BCUT2D eigenvalue weighted by molar-refractivity contribution is 5.62. The first-order chi connectivity index (χ1) is 8.33. The maximum absolute atomic E-state index is 5.37. The molecule has 0 atom stereocenters. The number of nitrogens with one attached hydrogen (secondary N) is 1. The number of hydrogen-bond acceptors (Lipinski definition) is 2. The Labute approximate surface area is 102 Å². The monoisotopic (exact) mass is 227 g/mol. The minimum absolute atomic E-state index is 0.938. The minimum Gasteiger partial charge on any atom is -0.496 e. The van der Waals surface area contributed by atoms with Crippen molar-refractivity contribution in [3.63, 3.8) is 0 Å². The predicted octanol–water partition coefficient (Wildman–Crippen LogP) is 4.00. The number of para-hydroxylation sites is 1. The molecule has 0 fully saturated rings. The minimum atomic E-state index is 0.938. The Morgan fingerprint density at radius 3 is 2.41 bits per heavy atom. The van der Waals surface area contributed by atoms with Crippen LogP contribution in [0, 0.1) is 0 Å². The number of hydrogen-bond donors (Lipinski definition) is 1. The largest absolute Gasteiger partial charge is 0.496 e. The van der Waals surface area contributed by atoms with Crippen molar-refractivity contribution in [3.05, 3.63) is 54.1 Å². The van der Waals surface area contributed by atoms with Gasteiger partial charge in [-0.3, -0.25) is 0 Å². The van der Waals surface area contributed by atoms with Gasteiger partial charge in [-0.25, -0.2) is 0 Å². The van der Waals surface area contributed by atoms with Gasteiger partial charge >= 0.3 is 0 Å². The Hall–Kier alpha value is -1.96. The number of benzene rings is 2. The molecule has 2 aromatic rings. The van der Waals surface area contributed by atoms with Gasteiger partial charge in [0.15, 0.2) is 0 Å². The van der Waals surface area contributed by atoms with Crippen molar-refractivity contribution in [3.8, 4) is 5.75 Å². The van der Waals surface area contributed by atoms with E-state index in [1.807, 2.05) is 36.4 Å². The fourth-order valence-electron chi connectivity index (χ4n) is 1.80. The Kier molecular flexibility index (Phi) is 3.66. The number of anilines is 2. The molecular formula is C15H17NO. The molecule has 0 aliphatic heterocycles. The van der Waals surface area contributed by atoms with Crippen LogP contribution in [0.3, 0.4) is 0 Å². The van der Waals surface area contributed by atoms with E-state index >= 15 is 0 Å². The second-order valence-electron chi connectivity index (χ2n) is 3.87. The van der Waals surface area contributed by atoms with Gasteiger partial charge in [0.05, 0.1) is 7.11 Å². The van der Waals surface area contributed by atoms with Crippen LogP contribution in [0.4, 0.5) is 11.4 Å². The van der Waals surface area contributed by atoms with Crippen LogP contribution in [0.1, 0.15) is 12.5 Å². The van der Waals surface area contributed by atoms with Gasteiger partial charge in [-0.15, -0.1) is 0 Å². The third-order valence-electron chi connectivity index (χ3n) is 2.73. The second-order valence-corrected chi connectivity index (χ2v) is 3.87. The van der Waals surface area contributed by atoms with E-state index in [4.69, 9.17) is 4.74 Å². The summed E-state index contributed by atoms with van der Waals surface area (Å²) in [7, 11) is 1.71. The first-order valence-corrected chi connectivity index (χ1v) is 5.82. The highest BCUT2D eigenvalue weighted by atomic mass is 16.5. The molecule has 17 heavy (non-hydrogen) atoms. The van der Waals surface area contributed by atoms with Crippen LogP contribution in [0.15, 0.2) is 48.5 Å². The number of rotatable bonds is 4. The summed E-state index contributed by atoms with van der Waals surface area (Å²) in [5.41, 5.74) is 3.36. The van der Waals surface area contributed by atoms with Crippen LogP contribution >= 0.6 is 0 Å². The summed E-state index contributed by atoms with van der Waals surface area (Å²) in [6, 6.07) is 16.3. The van der Waals surface area contributed by atoms with Gasteiger partial charge in [0.1, 0.15) is 5.75 Å². The second kappa shape index (κ2) is 5.39. The van der Waals surface area contributed by atoms with Gasteiger partial charge in [-0.2, -0.15) is 0 Å². The molecule has 0 saturated heterocycles. The first kappa shape index (κ1) is 11.5. The first-order valence-electron chi connectivity index (χ1n) is 5.82. The number of methoxy groups -OCH3 is 1. The molecule has 2 rings (SSSR count). The highest BCUT2D eigenvalue weighted by Gasteiger charge is 2.02. The summed E-state index contributed by atoms with van der Waals surface area (Å²) in [6.07, 6.45) is 0.981. The van der Waals surface area contributed by atoms with Crippen LogP contribution < -0.4 is 10.1 Å². The van der Waals surface area contributed by atoms with Gasteiger partial charge in [-0.1, -0.05) is 31.2 Å². The molecule has 0 heterocycles. The molecule has 0 aliphatic carbocycles. The number of ether oxygens (including phenoxy) is 1. The van der Waals surface area contributed by atoms with Gasteiger partial charge in [0.25, 0.3) is 0 Å². The third kappa shape index (κ3) is 2.78. The zero-order valence-corrected chi connectivity index (χ0v) is 10.2. The van der Waals surface area contributed by atoms with E-state index in [1.165, 1.54) is 5.56 Å². The Morgan fingerprint density at radius 2 is 1.76 bits per heavy atom. The van der Waals surface area contributed by atoms with Gasteiger partial charge < -0.3 is 10.1 Å². The zero-order valence-electron chi connectivity index (χ0n) is 10.2. The lowest BCUT2D eigenvalue weighted by Crippen LogP contribution is -1.94. The molecule has 88 valence electrons. The van der Waals surface area contributed by atoms with Crippen LogP contribution in [0.5, 0.6) is 5.75 Å². The fourth-order valence-corrected chi connectivity index (χ4v) is 1.80. The quantitative estimate of drug-likeness (QED) is 0.852. The molecule has 1 N–H and O–H groups in total. The molecule has 0 spiro atoms. The molecule has 0 radical (unpaired) electrons. The van der Waals surface area contributed by atoms with Crippen molar-refractivity contribution in [1.29, 1.82) is 0 Å². The van der Waals surface area contributed by atoms with Gasteiger partial charge in [0.2, 0.25) is 0 Å². The van der Waals surface area contributed by atoms with Crippen molar-refractivity contribution >= 4 is 11.4 Å². The van der Waals surface area contributed by atoms with E-state index in [0.29, 0.717) is 0 Å². The lowest BCUT2D eigenvalue weighted by molar-refractivity contribution is 0.410. The standard InChI is InChI=1S/C15H17NO/c1-3-12-9-10-14(11-15(12)17-2)16-13-7-5-4-6-8-13/h4-11,16H,3H2,1-2H3. The third-order valence-corrected chi connectivity index (χ3v) is 2.73. The summed E-state index contributed by atoms with van der Waals surface area (Å²) in [5.74, 6) is 0.938. The topological polar surface area (TPSA) is 21.3 Å². The molecule has 0 saturated carbocycles. The average Bonchev–Trinajstić information content (AvgIpc) is 2.40. The molecule has 2 aromatic carbocycles. The average molecular weight is 227 g/mol. The number of aryl methyl sites for hydroxylation is 1. The lowest BCUT2D eigenvalue weighted by atomic mass is 10.1. The van der Waals surface area contributed by atoms with E-state index in [1.54, 1.807) is 7.11 Å². The smallest absolute Gasteiger partial charge is 0.124 e. The molecule has 2 nitrogen and oxygen atoms in total. The van der Waals surface area contributed by atoms with E-state index in [2.05, 4.69) is 24.4 Å². The Balaban J connectivity index is 2.22. The van der Waals surface area contributed by atoms with Crippen molar-refractivity contribution in [2.45, 2.75) is 13.3 Å². The molecular weight excluding hydrogens is 210 g/mol. The van der Waals surface area contributed by atoms with Crippen LogP contribution in [0.25, 0.3) is 0 Å². The Morgan fingerprint density at radius 1 is 1.00 bits per heavy atom. The van der Waals surface area contributed by atoms with Crippen molar-refractivity contribution in [1.82, 2.24) is 0 Å².